The molecule has 2 unspecified atom stereocenters. The van der Waals surface area contributed by atoms with E-state index in [-0.39, 0.29) is 0 Å². The second-order valence-corrected chi connectivity index (χ2v) is 12.2. The molecule has 2 atom stereocenters. The molecule has 0 radical (unpaired) electrons. The van der Waals surface area contributed by atoms with Gasteiger partial charge in [-0.05, 0) is 25.7 Å². The molecule has 0 aliphatic carbocycles. The summed E-state index contributed by atoms with van der Waals surface area (Å²) < 4.78 is 0. The van der Waals surface area contributed by atoms with Gasteiger partial charge < -0.3 is 11.5 Å². The zero-order valence-electron chi connectivity index (χ0n) is 25.5. The van der Waals surface area contributed by atoms with Gasteiger partial charge in [0, 0.05) is 12.1 Å². The van der Waals surface area contributed by atoms with E-state index in [9.17, 15) is 0 Å². The summed E-state index contributed by atoms with van der Waals surface area (Å²) in [5, 5.41) is 0. The van der Waals surface area contributed by atoms with E-state index in [2.05, 4.69) is 13.8 Å². The molecule has 0 aromatic carbocycles. The van der Waals surface area contributed by atoms with E-state index in [1.165, 1.54) is 193 Å². The van der Waals surface area contributed by atoms with Crippen LogP contribution >= 0.6 is 0 Å². The number of nitrogens with two attached hydrogens (primary N) is 2. The van der Waals surface area contributed by atoms with Crippen LogP contribution in [0, 0.1) is 0 Å². The van der Waals surface area contributed by atoms with Crippen LogP contribution in [0.2, 0.25) is 0 Å². The Hall–Kier alpha value is -0.0800. The van der Waals surface area contributed by atoms with Gasteiger partial charge >= 0.3 is 0 Å². The normalized spacial score (nSPS) is 13.3. The average molecular weight is 509 g/mol. The van der Waals surface area contributed by atoms with Crippen LogP contribution in [0.1, 0.15) is 206 Å². The van der Waals surface area contributed by atoms with Crippen LogP contribution < -0.4 is 11.5 Å². The topological polar surface area (TPSA) is 52.0 Å². The maximum Gasteiger partial charge on any atom is 0.00388 e. The van der Waals surface area contributed by atoms with Gasteiger partial charge in [-0.25, -0.2) is 0 Å². The molecule has 0 bridgehead atoms. The van der Waals surface area contributed by atoms with Gasteiger partial charge in [0.05, 0.1) is 0 Å². The zero-order chi connectivity index (χ0) is 26.4. The first kappa shape index (κ1) is 35.9. The van der Waals surface area contributed by atoms with E-state index in [1.807, 2.05) is 0 Å². The van der Waals surface area contributed by atoms with Crippen molar-refractivity contribution in [3.05, 3.63) is 0 Å². The summed E-state index contributed by atoms with van der Waals surface area (Å²) in [5.41, 5.74) is 12.7. The smallest absolute Gasteiger partial charge is 0.00388 e. The number of unbranched alkanes of at least 4 members (excludes halogenated alkanes) is 23. The Bertz CT molecular complexity index is 347. The van der Waals surface area contributed by atoms with Gasteiger partial charge in [0.2, 0.25) is 0 Å². The Morgan fingerprint density at radius 3 is 0.639 bits per heavy atom. The van der Waals surface area contributed by atoms with Crippen molar-refractivity contribution in [2.24, 2.45) is 11.5 Å². The highest BCUT2D eigenvalue weighted by atomic mass is 14.6. The lowest BCUT2D eigenvalue weighted by Gasteiger charge is -2.12. The molecule has 0 saturated heterocycles. The van der Waals surface area contributed by atoms with Crippen molar-refractivity contribution in [3.8, 4) is 0 Å². The van der Waals surface area contributed by atoms with Gasteiger partial charge in [0.25, 0.3) is 0 Å². The summed E-state index contributed by atoms with van der Waals surface area (Å²) in [6, 6.07) is 0.894. The minimum absolute atomic E-state index is 0.447. The standard InChI is InChI=1S/C34H72N2/c1-3-5-7-9-11-13-15-17-21-25-29-33(35)31-27-23-19-20-24-28-32-34(36)30-26-22-18-16-14-12-10-8-6-4-2/h33-34H,3-32,35-36H2,1-2H3. The van der Waals surface area contributed by atoms with Gasteiger partial charge in [0.1, 0.15) is 0 Å². The third kappa shape index (κ3) is 30.1. The second-order valence-electron chi connectivity index (χ2n) is 12.2. The van der Waals surface area contributed by atoms with E-state index in [1.54, 1.807) is 0 Å². The van der Waals surface area contributed by atoms with Crippen molar-refractivity contribution in [3.63, 3.8) is 0 Å². The van der Waals surface area contributed by atoms with E-state index < -0.39 is 0 Å². The lowest BCUT2D eigenvalue weighted by Crippen LogP contribution is -2.19. The molecule has 0 spiro atoms. The van der Waals surface area contributed by atoms with E-state index in [4.69, 9.17) is 11.5 Å². The van der Waals surface area contributed by atoms with Crippen LogP contribution in [0.5, 0.6) is 0 Å². The molecule has 4 N–H and O–H groups in total. The van der Waals surface area contributed by atoms with Crippen molar-refractivity contribution >= 4 is 0 Å². The predicted octanol–water partition coefficient (Wildman–Crippen LogP) is 11.4. The maximum atomic E-state index is 6.36. The van der Waals surface area contributed by atoms with Crippen molar-refractivity contribution in [2.45, 2.75) is 219 Å². The molecule has 0 aromatic rings. The summed E-state index contributed by atoms with van der Waals surface area (Å²) in [4.78, 5) is 0. The lowest BCUT2D eigenvalue weighted by atomic mass is 9.99. The maximum absolute atomic E-state index is 6.36. The highest BCUT2D eigenvalue weighted by molar-refractivity contribution is 4.64. The largest absolute Gasteiger partial charge is 0.328 e. The highest BCUT2D eigenvalue weighted by Gasteiger charge is 2.04. The Balaban J connectivity index is 3.24. The molecule has 0 aliphatic rings. The van der Waals surface area contributed by atoms with Crippen molar-refractivity contribution < 1.29 is 0 Å². The van der Waals surface area contributed by atoms with Crippen molar-refractivity contribution in [1.29, 1.82) is 0 Å². The van der Waals surface area contributed by atoms with Crippen LogP contribution in [-0.2, 0) is 0 Å². The van der Waals surface area contributed by atoms with Crippen molar-refractivity contribution in [2.75, 3.05) is 0 Å². The summed E-state index contributed by atoms with van der Waals surface area (Å²) in [7, 11) is 0. The molecule has 218 valence electrons. The molecule has 0 heterocycles. The molecule has 0 amide bonds. The minimum Gasteiger partial charge on any atom is -0.328 e. The SMILES string of the molecule is CCCCCCCCCCCCC(N)CCCCCCCCC(N)CCCCCCCCCCCC. The minimum atomic E-state index is 0.447. The number of hydrogen-bond acceptors (Lipinski definition) is 2. The molecular formula is C34H72N2. The Kier molecular flexibility index (Phi) is 31.1. The third-order valence-electron chi connectivity index (χ3n) is 8.26. The third-order valence-corrected chi connectivity index (χ3v) is 8.26. The van der Waals surface area contributed by atoms with Crippen LogP contribution in [0.3, 0.4) is 0 Å². The van der Waals surface area contributed by atoms with E-state index >= 15 is 0 Å². The summed E-state index contributed by atoms with van der Waals surface area (Å²) in [5.74, 6) is 0. The van der Waals surface area contributed by atoms with Crippen LogP contribution in [0.4, 0.5) is 0 Å². The van der Waals surface area contributed by atoms with Gasteiger partial charge in [-0.2, -0.15) is 0 Å². The monoisotopic (exact) mass is 509 g/mol. The van der Waals surface area contributed by atoms with Crippen LogP contribution in [-0.4, -0.2) is 12.1 Å². The molecule has 2 nitrogen and oxygen atoms in total. The molecule has 0 rings (SSSR count). The van der Waals surface area contributed by atoms with Gasteiger partial charge in [-0.3, -0.25) is 0 Å². The second kappa shape index (κ2) is 31.1. The molecule has 2 heteroatoms. The fraction of sp³-hybridized carbons (Fsp3) is 1.00. The summed E-state index contributed by atoms with van der Waals surface area (Å²) >= 11 is 0. The Morgan fingerprint density at radius 1 is 0.278 bits per heavy atom. The quantitative estimate of drug-likeness (QED) is 0.0914. The van der Waals surface area contributed by atoms with Gasteiger partial charge in [-0.15, -0.1) is 0 Å². The molecule has 0 aromatic heterocycles. The molecular weight excluding hydrogens is 436 g/mol. The summed E-state index contributed by atoms with van der Waals surface area (Å²) in [6.07, 6.45) is 41.5. The number of hydrogen-bond donors (Lipinski definition) is 2. The summed E-state index contributed by atoms with van der Waals surface area (Å²) in [6.45, 7) is 4.59. The zero-order valence-corrected chi connectivity index (χ0v) is 25.5. The fourth-order valence-corrected chi connectivity index (χ4v) is 5.60. The van der Waals surface area contributed by atoms with E-state index in [0.29, 0.717) is 12.1 Å². The highest BCUT2D eigenvalue weighted by Crippen LogP contribution is 2.16. The first-order chi connectivity index (χ1) is 17.7. The van der Waals surface area contributed by atoms with Crippen LogP contribution in [0.15, 0.2) is 0 Å². The van der Waals surface area contributed by atoms with E-state index in [0.717, 1.165) is 0 Å². The van der Waals surface area contributed by atoms with Gasteiger partial charge in [0.15, 0.2) is 0 Å². The molecule has 0 fully saturated rings. The first-order valence-electron chi connectivity index (χ1n) is 17.2. The van der Waals surface area contributed by atoms with Crippen molar-refractivity contribution in [1.82, 2.24) is 0 Å². The lowest BCUT2D eigenvalue weighted by molar-refractivity contribution is 0.467. The Labute approximate surface area is 229 Å². The first-order valence-corrected chi connectivity index (χ1v) is 17.2. The average Bonchev–Trinajstić information content (AvgIpc) is 2.87. The predicted molar refractivity (Wildman–Crippen MR) is 166 cm³/mol. The molecule has 0 aliphatic heterocycles. The molecule has 0 saturated carbocycles. The molecule has 36 heavy (non-hydrogen) atoms. The van der Waals surface area contributed by atoms with Gasteiger partial charge in [-0.1, -0.05) is 181 Å². The number of rotatable bonds is 31. The fourth-order valence-electron chi connectivity index (χ4n) is 5.60. The van der Waals surface area contributed by atoms with Crippen LogP contribution in [0.25, 0.3) is 0 Å². The Morgan fingerprint density at radius 2 is 0.444 bits per heavy atom.